The summed E-state index contributed by atoms with van der Waals surface area (Å²) in [5, 5.41) is 7.85. The van der Waals surface area contributed by atoms with E-state index in [2.05, 4.69) is 16.0 Å². The van der Waals surface area contributed by atoms with Crippen LogP contribution in [0.5, 0.6) is 0 Å². The van der Waals surface area contributed by atoms with Crippen molar-refractivity contribution in [3.63, 3.8) is 0 Å². The van der Waals surface area contributed by atoms with Gasteiger partial charge in [-0.2, -0.15) is 0 Å². The third-order valence-corrected chi connectivity index (χ3v) is 2.37. The summed E-state index contributed by atoms with van der Waals surface area (Å²) in [7, 11) is 1.57. The zero-order chi connectivity index (χ0) is 14.1. The molecule has 1 aromatic rings. The molecule has 1 rings (SSSR count). The van der Waals surface area contributed by atoms with E-state index in [0.717, 1.165) is 0 Å². The van der Waals surface area contributed by atoms with Crippen LogP contribution in [0.1, 0.15) is 17.3 Å². The van der Waals surface area contributed by atoms with Crippen LogP contribution in [0.3, 0.4) is 0 Å². The molecule has 0 saturated carbocycles. The van der Waals surface area contributed by atoms with Crippen LogP contribution in [-0.2, 0) is 4.74 Å². The summed E-state index contributed by atoms with van der Waals surface area (Å²) in [6.07, 6.45) is 0. The van der Waals surface area contributed by atoms with E-state index in [4.69, 9.17) is 4.74 Å². The molecule has 104 valence electrons. The van der Waals surface area contributed by atoms with Gasteiger partial charge >= 0.3 is 6.03 Å². The molecule has 0 saturated heterocycles. The minimum atomic E-state index is -0.299. The van der Waals surface area contributed by atoms with Crippen molar-refractivity contribution in [2.24, 2.45) is 0 Å². The van der Waals surface area contributed by atoms with Gasteiger partial charge in [-0.25, -0.2) is 4.79 Å². The van der Waals surface area contributed by atoms with Crippen LogP contribution < -0.4 is 16.0 Å². The topological polar surface area (TPSA) is 79.5 Å². The molecule has 6 nitrogen and oxygen atoms in total. The Labute approximate surface area is 112 Å². The zero-order valence-corrected chi connectivity index (χ0v) is 11.2. The third-order valence-electron chi connectivity index (χ3n) is 2.37. The van der Waals surface area contributed by atoms with Crippen LogP contribution in [0.15, 0.2) is 24.3 Å². The lowest BCUT2D eigenvalue weighted by Gasteiger charge is -2.08. The third kappa shape index (κ3) is 5.39. The summed E-state index contributed by atoms with van der Waals surface area (Å²) in [6, 6.07) is 6.34. The van der Waals surface area contributed by atoms with Crippen LogP contribution in [0.2, 0.25) is 0 Å². The van der Waals surface area contributed by atoms with Crippen molar-refractivity contribution in [2.75, 3.05) is 32.1 Å². The van der Waals surface area contributed by atoms with Crippen LogP contribution in [0.25, 0.3) is 0 Å². The Balaban J connectivity index is 2.40. The standard InChI is InChI=1S/C13H19N3O3/c1-3-19-9-8-15-13(18)16-11-6-4-10(5-7-11)12(17)14-2/h4-7H,3,8-9H2,1-2H3,(H,14,17)(H2,15,16,18). The Morgan fingerprint density at radius 2 is 1.89 bits per heavy atom. The predicted octanol–water partition coefficient (Wildman–Crippen LogP) is 1.20. The molecule has 1 aromatic carbocycles. The lowest BCUT2D eigenvalue weighted by Crippen LogP contribution is -2.31. The average molecular weight is 265 g/mol. The number of carbonyl (C=O) groups is 2. The molecular formula is C13H19N3O3. The summed E-state index contributed by atoms with van der Waals surface area (Å²) >= 11 is 0. The highest BCUT2D eigenvalue weighted by atomic mass is 16.5. The number of benzene rings is 1. The monoisotopic (exact) mass is 265 g/mol. The Bertz CT molecular complexity index is 418. The van der Waals surface area contributed by atoms with E-state index in [9.17, 15) is 9.59 Å². The zero-order valence-electron chi connectivity index (χ0n) is 11.2. The van der Waals surface area contributed by atoms with Gasteiger partial charge in [-0.3, -0.25) is 4.79 Å². The fourth-order valence-electron chi connectivity index (χ4n) is 1.41. The van der Waals surface area contributed by atoms with E-state index in [-0.39, 0.29) is 11.9 Å². The smallest absolute Gasteiger partial charge is 0.319 e. The van der Waals surface area contributed by atoms with E-state index in [1.54, 1.807) is 31.3 Å². The Morgan fingerprint density at radius 3 is 2.47 bits per heavy atom. The van der Waals surface area contributed by atoms with Gasteiger partial charge < -0.3 is 20.7 Å². The van der Waals surface area contributed by atoms with Gasteiger partial charge in [0.15, 0.2) is 0 Å². The molecule has 6 heteroatoms. The van der Waals surface area contributed by atoms with Gasteiger partial charge in [-0.05, 0) is 31.2 Å². The van der Waals surface area contributed by atoms with Crippen LogP contribution in [0.4, 0.5) is 10.5 Å². The fraction of sp³-hybridized carbons (Fsp3) is 0.385. The maximum Gasteiger partial charge on any atom is 0.319 e. The SMILES string of the molecule is CCOCCNC(=O)Nc1ccc(C(=O)NC)cc1. The van der Waals surface area contributed by atoms with E-state index >= 15 is 0 Å². The van der Waals surface area contributed by atoms with E-state index < -0.39 is 0 Å². The Kier molecular flexibility index (Phi) is 6.38. The minimum absolute atomic E-state index is 0.160. The van der Waals surface area contributed by atoms with Crippen molar-refractivity contribution >= 4 is 17.6 Å². The first-order valence-corrected chi connectivity index (χ1v) is 6.12. The van der Waals surface area contributed by atoms with Gasteiger partial charge in [-0.15, -0.1) is 0 Å². The second-order valence-corrected chi connectivity index (χ2v) is 3.73. The highest BCUT2D eigenvalue weighted by Crippen LogP contribution is 2.09. The second-order valence-electron chi connectivity index (χ2n) is 3.73. The number of ether oxygens (including phenoxy) is 1. The maximum atomic E-state index is 11.5. The minimum Gasteiger partial charge on any atom is -0.380 e. The highest BCUT2D eigenvalue weighted by molar-refractivity contribution is 5.95. The highest BCUT2D eigenvalue weighted by Gasteiger charge is 2.04. The van der Waals surface area contributed by atoms with Crippen molar-refractivity contribution in [1.29, 1.82) is 0 Å². The van der Waals surface area contributed by atoms with Gasteiger partial charge in [0.2, 0.25) is 0 Å². The summed E-state index contributed by atoms with van der Waals surface area (Å²) in [5.74, 6) is -0.160. The number of amides is 3. The molecule has 3 amide bonds. The number of anilines is 1. The summed E-state index contributed by atoms with van der Waals surface area (Å²) in [5.41, 5.74) is 1.17. The summed E-state index contributed by atoms with van der Waals surface area (Å²) in [4.78, 5) is 22.8. The van der Waals surface area contributed by atoms with Gasteiger partial charge in [0.05, 0.1) is 6.61 Å². The molecule has 0 aromatic heterocycles. The number of urea groups is 1. The summed E-state index contributed by atoms with van der Waals surface area (Å²) < 4.78 is 5.10. The van der Waals surface area contributed by atoms with Crippen molar-refractivity contribution < 1.29 is 14.3 Å². The van der Waals surface area contributed by atoms with E-state index in [0.29, 0.717) is 31.0 Å². The largest absolute Gasteiger partial charge is 0.380 e. The normalized spacial score (nSPS) is 9.79. The molecule has 19 heavy (non-hydrogen) atoms. The molecule has 0 unspecified atom stereocenters. The number of carbonyl (C=O) groups excluding carboxylic acids is 2. The van der Waals surface area contributed by atoms with Gasteiger partial charge in [0.25, 0.3) is 5.91 Å². The number of hydrogen-bond donors (Lipinski definition) is 3. The molecular weight excluding hydrogens is 246 g/mol. The molecule has 0 aliphatic heterocycles. The fourth-order valence-corrected chi connectivity index (χ4v) is 1.41. The van der Waals surface area contributed by atoms with Crippen molar-refractivity contribution in [3.05, 3.63) is 29.8 Å². The average Bonchev–Trinajstić information content (AvgIpc) is 2.43. The molecule has 0 spiro atoms. The van der Waals surface area contributed by atoms with E-state index in [1.165, 1.54) is 0 Å². The van der Waals surface area contributed by atoms with Gasteiger partial charge in [0, 0.05) is 31.5 Å². The molecule has 0 heterocycles. The molecule has 0 bridgehead atoms. The first kappa shape index (κ1) is 15.0. The molecule has 0 aliphatic rings. The first-order valence-electron chi connectivity index (χ1n) is 6.12. The van der Waals surface area contributed by atoms with Gasteiger partial charge in [0.1, 0.15) is 0 Å². The molecule has 0 aliphatic carbocycles. The molecule has 0 fully saturated rings. The van der Waals surface area contributed by atoms with E-state index in [1.807, 2.05) is 6.92 Å². The van der Waals surface area contributed by atoms with Crippen molar-refractivity contribution in [2.45, 2.75) is 6.92 Å². The molecule has 0 radical (unpaired) electrons. The Hall–Kier alpha value is -2.08. The number of hydrogen-bond acceptors (Lipinski definition) is 3. The van der Waals surface area contributed by atoms with Crippen LogP contribution in [0, 0.1) is 0 Å². The lowest BCUT2D eigenvalue weighted by molar-refractivity contribution is 0.0963. The molecule has 3 N–H and O–H groups in total. The Morgan fingerprint density at radius 1 is 1.21 bits per heavy atom. The van der Waals surface area contributed by atoms with Crippen molar-refractivity contribution in [1.82, 2.24) is 10.6 Å². The quantitative estimate of drug-likeness (QED) is 0.676. The number of rotatable bonds is 6. The van der Waals surface area contributed by atoms with Gasteiger partial charge in [-0.1, -0.05) is 0 Å². The van der Waals surface area contributed by atoms with Crippen LogP contribution in [-0.4, -0.2) is 38.7 Å². The number of nitrogens with one attached hydrogen (secondary N) is 3. The lowest BCUT2D eigenvalue weighted by atomic mass is 10.2. The maximum absolute atomic E-state index is 11.5. The van der Waals surface area contributed by atoms with Crippen molar-refractivity contribution in [3.8, 4) is 0 Å². The molecule has 0 atom stereocenters. The second kappa shape index (κ2) is 8.10. The summed E-state index contributed by atoms with van der Waals surface area (Å²) in [6.45, 7) is 3.47. The predicted molar refractivity (Wildman–Crippen MR) is 73.3 cm³/mol. The first-order chi connectivity index (χ1) is 9.17. The van der Waals surface area contributed by atoms with Crippen LogP contribution >= 0.6 is 0 Å².